The lowest BCUT2D eigenvalue weighted by Gasteiger charge is -2.16. The molecule has 0 unspecified atom stereocenters. The third kappa shape index (κ3) is 4.90. The molecule has 6 heteroatoms. The Hall–Kier alpha value is -0.880. The van der Waals surface area contributed by atoms with Gasteiger partial charge in [-0.1, -0.05) is 12.1 Å². The average molecular weight is 331 g/mol. The molecule has 0 bridgehead atoms. The van der Waals surface area contributed by atoms with Crippen LogP contribution in [0.15, 0.2) is 35.0 Å². The maximum Gasteiger partial charge on any atom is 0.220 e. The predicted molar refractivity (Wildman–Crippen MR) is 89.0 cm³/mol. The smallest absolute Gasteiger partial charge is 0.220 e. The molecule has 0 spiro atoms. The van der Waals surface area contributed by atoms with Crippen molar-refractivity contribution in [1.82, 2.24) is 10.6 Å². The zero-order valence-electron chi connectivity index (χ0n) is 11.3. The average Bonchev–Trinajstić information content (AvgIpc) is 3.09. The molecule has 0 fully saturated rings. The highest BCUT2D eigenvalue weighted by Crippen LogP contribution is 2.29. The van der Waals surface area contributed by atoms with Crippen LogP contribution in [0.5, 0.6) is 0 Å². The number of thiophene rings is 2. The Bertz CT molecular complexity index is 451. The summed E-state index contributed by atoms with van der Waals surface area (Å²) in [5.41, 5.74) is 0. The number of nitrogens with one attached hydrogen (secondary N) is 2. The van der Waals surface area contributed by atoms with E-state index in [0.717, 1.165) is 13.0 Å². The van der Waals surface area contributed by atoms with Gasteiger partial charge in [0.1, 0.15) is 0 Å². The monoisotopic (exact) mass is 330 g/mol. The van der Waals surface area contributed by atoms with Crippen LogP contribution in [0.3, 0.4) is 0 Å². The highest BCUT2D eigenvalue weighted by Gasteiger charge is 2.18. The van der Waals surface area contributed by atoms with Gasteiger partial charge >= 0.3 is 0 Å². The Morgan fingerprint density at radius 3 is 2.25 bits per heavy atom. The van der Waals surface area contributed by atoms with Crippen molar-refractivity contribution in [2.24, 2.45) is 0 Å². The van der Waals surface area contributed by atoms with Crippen LogP contribution in [-0.4, -0.2) is 19.5 Å². The summed E-state index contributed by atoms with van der Waals surface area (Å²) in [6.45, 7) is 0.871. The van der Waals surface area contributed by atoms with Crippen molar-refractivity contribution in [3.05, 3.63) is 44.8 Å². The summed E-state index contributed by atoms with van der Waals surface area (Å²) >= 11 is 3.36. The number of carbonyl (C=O) groups excluding carboxylic acids is 1. The third-order valence-electron chi connectivity index (χ3n) is 2.79. The molecule has 2 aromatic heterocycles. The molecule has 0 aliphatic carbocycles. The molecule has 2 aromatic rings. The van der Waals surface area contributed by atoms with Crippen LogP contribution in [0, 0.1) is 0 Å². The van der Waals surface area contributed by atoms with Gasteiger partial charge in [0.15, 0.2) is 0 Å². The molecule has 1 amide bonds. The molecule has 2 heterocycles. The van der Waals surface area contributed by atoms with E-state index in [2.05, 4.69) is 22.8 Å². The van der Waals surface area contributed by atoms with Gasteiger partial charge in [-0.3, -0.25) is 4.79 Å². The normalized spacial score (nSPS) is 10.3. The first-order valence-corrected chi connectivity index (χ1v) is 8.08. The molecule has 0 atom stereocenters. The number of carbonyl (C=O) groups is 1. The van der Waals surface area contributed by atoms with E-state index in [-0.39, 0.29) is 24.4 Å². The lowest BCUT2D eigenvalue weighted by Crippen LogP contribution is -2.28. The van der Waals surface area contributed by atoms with Gasteiger partial charge < -0.3 is 10.6 Å². The quantitative estimate of drug-likeness (QED) is 0.764. The molecule has 20 heavy (non-hydrogen) atoms. The fourth-order valence-electron chi connectivity index (χ4n) is 1.85. The summed E-state index contributed by atoms with van der Waals surface area (Å²) in [5.74, 6) is 0.113. The van der Waals surface area contributed by atoms with E-state index < -0.39 is 0 Å². The Balaban J connectivity index is 0.00000200. The van der Waals surface area contributed by atoms with Crippen LogP contribution in [-0.2, 0) is 4.79 Å². The Labute approximate surface area is 133 Å². The maximum absolute atomic E-state index is 12.0. The highest BCUT2D eigenvalue weighted by molar-refractivity contribution is 7.11. The van der Waals surface area contributed by atoms with Gasteiger partial charge in [-0.05, 0) is 42.9 Å². The molecule has 0 radical (unpaired) electrons. The SMILES string of the molecule is CNCCCC(=O)NC(c1cccs1)c1cccs1.Cl. The van der Waals surface area contributed by atoms with Gasteiger partial charge in [0.05, 0.1) is 6.04 Å². The van der Waals surface area contributed by atoms with Crippen LogP contribution < -0.4 is 10.6 Å². The van der Waals surface area contributed by atoms with E-state index in [1.54, 1.807) is 22.7 Å². The van der Waals surface area contributed by atoms with Gasteiger partial charge in [0.25, 0.3) is 0 Å². The zero-order valence-corrected chi connectivity index (χ0v) is 13.7. The topological polar surface area (TPSA) is 41.1 Å². The van der Waals surface area contributed by atoms with Crippen LogP contribution in [0.4, 0.5) is 0 Å². The van der Waals surface area contributed by atoms with E-state index in [1.165, 1.54) is 9.75 Å². The van der Waals surface area contributed by atoms with E-state index in [0.29, 0.717) is 6.42 Å². The van der Waals surface area contributed by atoms with Crippen LogP contribution in [0.1, 0.15) is 28.6 Å². The molecule has 0 aliphatic heterocycles. The van der Waals surface area contributed by atoms with Crippen molar-refractivity contribution >= 4 is 41.0 Å². The van der Waals surface area contributed by atoms with Crippen molar-refractivity contribution in [3.8, 4) is 0 Å². The largest absolute Gasteiger partial charge is 0.344 e. The molecule has 0 aromatic carbocycles. The summed E-state index contributed by atoms with van der Waals surface area (Å²) in [6.07, 6.45) is 1.43. The summed E-state index contributed by atoms with van der Waals surface area (Å²) in [6, 6.07) is 8.19. The second-order valence-electron chi connectivity index (χ2n) is 4.24. The molecular formula is C14H19ClN2OS2. The third-order valence-corrected chi connectivity index (χ3v) is 4.67. The first-order valence-electron chi connectivity index (χ1n) is 6.32. The number of rotatable bonds is 7. The van der Waals surface area contributed by atoms with E-state index in [1.807, 2.05) is 29.9 Å². The molecular weight excluding hydrogens is 312 g/mol. The number of hydrogen-bond donors (Lipinski definition) is 2. The molecule has 3 nitrogen and oxygen atoms in total. The summed E-state index contributed by atoms with van der Waals surface area (Å²) in [7, 11) is 1.90. The van der Waals surface area contributed by atoms with Gasteiger partial charge in [-0.2, -0.15) is 0 Å². The summed E-state index contributed by atoms with van der Waals surface area (Å²) in [5, 5.41) is 10.3. The van der Waals surface area contributed by atoms with E-state index >= 15 is 0 Å². The van der Waals surface area contributed by atoms with Gasteiger partial charge in [-0.15, -0.1) is 35.1 Å². The predicted octanol–water partition coefficient (Wildman–Crippen LogP) is 3.44. The highest BCUT2D eigenvalue weighted by atomic mass is 35.5. The summed E-state index contributed by atoms with van der Waals surface area (Å²) < 4.78 is 0. The van der Waals surface area contributed by atoms with Crippen molar-refractivity contribution in [2.75, 3.05) is 13.6 Å². The molecule has 0 saturated carbocycles. The minimum absolute atomic E-state index is 0. The van der Waals surface area contributed by atoms with Gasteiger partial charge in [0.2, 0.25) is 5.91 Å². The Kier molecular flexibility index (Phi) is 7.84. The van der Waals surface area contributed by atoms with Gasteiger partial charge in [0, 0.05) is 16.2 Å². The van der Waals surface area contributed by atoms with Crippen molar-refractivity contribution < 1.29 is 4.79 Å². The van der Waals surface area contributed by atoms with E-state index in [9.17, 15) is 4.79 Å². The number of amides is 1. The minimum Gasteiger partial charge on any atom is -0.344 e. The maximum atomic E-state index is 12.0. The Morgan fingerprint density at radius 1 is 1.20 bits per heavy atom. The second-order valence-corrected chi connectivity index (χ2v) is 6.20. The van der Waals surface area contributed by atoms with Crippen LogP contribution in [0.25, 0.3) is 0 Å². The number of halogens is 1. The zero-order chi connectivity index (χ0) is 13.5. The minimum atomic E-state index is 0. The van der Waals surface area contributed by atoms with Crippen molar-refractivity contribution in [2.45, 2.75) is 18.9 Å². The standard InChI is InChI=1S/C14H18N2OS2.ClH/c1-15-8-2-7-13(17)16-14(11-5-3-9-18-11)12-6-4-10-19-12;/h3-6,9-10,14-15H,2,7-8H2,1H3,(H,16,17);1H. The fraction of sp³-hybridized carbons (Fsp3) is 0.357. The fourth-order valence-corrected chi connectivity index (χ4v) is 3.51. The first kappa shape index (κ1) is 17.2. The molecule has 2 rings (SSSR count). The van der Waals surface area contributed by atoms with E-state index in [4.69, 9.17) is 0 Å². The molecule has 0 saturated heterocycles. The second kappa shape index (κ2) is 9.13. The van der Waals surface area contributed by atoms with Crippen LogP contribution in [0.2, 0.25) is 0 Å². The summed E-state index contributed by atoms with van der Waals surface area (Å²) in [4.78, 5) is 14.4. The van der Waals surface area contributed by atoms with Gasteiger partial charge in [-0.25, -0.2) is 0 Å². The first-order chi connectivity index (χ1) is 9.31. The number of hydrogen-bond acceptors (Lipinski definition) is 4. The molecule has 0 aliphatic rings. The van der Waals surface area contributed by atoms with Crippen molar-refractivity contribution in [1.29, 1.82) is 0 Å². The molecule has 2 N–H and O–H groups in total. The lowest BCUT2D eigenvalue weighted by molar-refractivity contribution is -0.121. The van der Waals surface area contributed by atoms with Crippen molar-refractivity contribution in [3.63, 3.8) is 0 Å². The Morgan fingerprint density at radius 2 is 1.80 bits per heavy atom. The molecule has 110 valence electrons. The lowest BCUT2D eigenvalue weighted by atomic mass is 10.2. The van der Waals surface area contributed by atoms with Crippen LogP contribution >= 0.6 is 35.1 Å².